The molecule has 2 aromatic carbocycles. The van der Waals surface area contributed by atoms with Gasteiger partial charge in [-0.15, -0.1) is 10.2 Å². The summed E-state index contributed by atoms with van der Waals surface area (Å²) in [4.78, 5) is 27.3. The number of benzene rings is 2. The first-order valence-corrected chi connectivity index (χ1v) is 14.9. The van der Waals surface area contributed by atoms with Gasteiger partial charge in [-0.1, -0.05) is 47.7 Å². The molecular weight excluding hydrogens is 518 g/mol. The zero-order valence-electron chi connectivity index (χ0n) is 19.4. The van der Waals surface area contributed by atoms with Crippen molar-refractivity contribution in [2.75, 3.05) is 35.6 Å². The Morgan fingerprint density at radius 1 is 0.972 bits per heavy atom. The molecule has 1 N–H and O–H groups in total. The minimum atomic E-state index is -3.55. The van der Waals surface area contributed by atoms with Crippen molar-refractivity contribution in [3.63, 3.8) is 0 Å². The van der Waals surface area contributed by atoms with E-state index in [0.29, 0.717) is 34.7 Å². The molecule has 0 saturated carbocycles. The standard InChI is InChI=1S/C24H25N5O4S3/c30-21(29-15-12-17-6-2-3-7-20(17)29)16-34-24-27-26-23(35-24)25-22(31)18-8-10-19(11-9-18)36(32,33)28-13-4-1-5-14-28/h2-3,6-11H,1,4-5,12-16H2,(H,25,26,31). The average Bonchev–Trinajstić information content (AvgIpc) is 3.55. The van der Waals surface area contributed by atoms with E-state index >= 15 is 0 Å². The summed E-state index contributed by atoms with van der Waals surface area (Å²) in [5.74, 6) is -0.177. The summed E-state index contributed by atoms with van der Waals surface area (Å²) >= 11 is 2.47. The Kier molecular flexibility index (Phi) is 7.37. The zero-order chi connectivity index (χ0) is 25.1. The molecule has 1 aromatic heterocycles. The number of aromatic nitrogens is 2. The number of rotatable bonds is 7. The van der Waals surface area contributed by atoms with Crippen molar-refractivity contribution in [3.05, 3.63) is 59.7 Å². The van der Waals surface area contributed by atoms with Crippen LogP contribution < -0.4 is 10.2 Å². The van der Waals surface area contributed by atoms with Crippen LogP contribution in [0.1, 0.15) is 35.2 Å². The Morgan fingerprint density at radius 2 is 1.72 bits per heavy atom. The third kappa shape index (κ3) is 5.31. The first-order chi connectivity index (χ1) is 17.4. The number of anilines is 2. The van der Waals surface area contributed by atoms with E-state index in [9.17, 15) is 18.0 Å². The van der Waals surface area contributed by atoms with Gasteiger partial charge in [-0.2, -0.15) is 4.31 Å². The monoisotopic (exact) mass is 543 g/mol. The number of thioether (sulfide) groups is 1. The molecule has 0 aliphatic carbocycles. The molecule has 3 aromatic rings. The highest BCUT2D eigenvalue weighted by atomic mass is 32.2. The molecule has 2 amide bonds. The molecule has 2 aliphatic rings. The highest BCUT2D eigenvalue weighted by Crippen LogP contribution is 2.30. The molecule has 9 nitrogen and oxygen atoms in total. The molecule has 0 spiro atoms. The Hall–Kier alpha value is -2.80. The molecular formula is C24H25N5O4S3. The molecule has 0 radical (unpaired) electrons. The summed E-state index contributed by atoms with van der Waals surface area (Å²) in [5.41, 5.74) is 2.46. The van der Waals surface area contributed by atoms with Crippen LogP contribution >= 0.6 is 23.1 Å². The van der Waals surface area contributed by atoms with Crippen molar-refractivity contribution in [2.24, 2.45) is 0 Å². The molecule has 188 valence electrons. The van der Waals surface area contributed by atoms with E-state index in [1.165, 1.54) is 57.2 Å². The van der Waals surface area contributed by atoms with Crippen LogP contribution in [0.2, 0.25) is 0 Å². The predicted octanol–water partition coefficient (Wildman–Crippen LogP) is 3.65. The van der Waals surface area contributed by atoms with Crippen molar-refractivity contribution in [1.29, 1.82) is 0 Å². The summed E-state index contributed by atoms with van der Waals surface area (Å²) in [6, 6.07) is 13.8. The number of sulfonamides is 1. The molecule has 0 bridgehead atoms. The number of hydrogen-bond donors (Lipinski definition) is 1. The summed E-state index contributed by atoms with van der Waals surface area (Å²) in [6.07, 6.45) is 3.62. The van der Waals surface area contributed by atoms with Gasteiger partial charge in [0.15, 0.2) is 4.34 Å². The quantitative estimate of drug-likeness (QED) is 0.358. The largest absolute Gasteiger partial charge is 0.311 e. The number of fused-ring (bicyclic) bond motifs is 1. The number of amides is 2. The summed E-state index contributed by atoms with van der Waals surface area (Å²) in [6.45, 7) is 1.73. The van der Waals surface area contributed by atoms with E-state index in [1.54, 1.807) is 4.90 Å². The van der Waals surface area contributed by atoms with Crippen molar-refractivity contribution in [1.82, 2.24) is 14.5 Å². The van der Waals surface area contributed by atoms with Gasteiger partial charge in [0, 0.05) is 30.9 Å². The minimum absolute atomic E-state index is 0.00494. The van der Waals surface area contributed by atoms with Gasteiger partial charge in [-0.3, -0.25) is 14.9 Å². The number of hydrogen-bond acceptors (Lipinski definition) is 8. The molecule has 3 heterocycles. The number of carbonyl (C=O) groups excluding carboxylic acids is 2. The Balaban J connectivity index is 1.16. The van der Waals surface area contributed by atoms with Crippen LogP contribution in [0.3, 0.4) is 0 Å². The smallest absolute Gasteiger partial charge is 0.257 e. The van der Waals surface area contributed by atoms with Gasteiger partial charge in [0.1, 0.15) is 0 Å². The van der Waals surface area contributed by atoms with Gasteiger partial charge in [0.2, 0.25) is 21.1 Å². The van der Waals surface area contributed by atoms with Crippen LogP contribution in [0.4, 0.5) is 10.8 Å². The fraction of sp³-hybridized carbons (Fsp3) is 0.333. The zero-order valence-corrected chi connectivity index (χ0v) is 21.9. The number of nitrogens with zero attached hydrogens (tertiary/aromatic N) is 4. The minimum Gasteiger partial charge on any atom is -0.311 e. The second kappa shape index (κ2) is 10.7. The fourth-order valence-corrected chi connectivity index (χ4v) is 7.46. The molecule has 1 fully saturated rings. The first-order valence-electron chi connectivity index (χ1n) is 11.7. The predicted molar refractivity (Wildman–Crippen MR) is 140 cm³/mol. The van der Waals surface area contributed by atoms with Crippen molar-refractivity contribution in [2.45, 2.75) is 34.9 Å². The van der Waals surface area contributed by atoms with Crippen molar-refractivity contribution in [3.8, 4) is 0 Å². The van der Waals surface area contributed by atoms with E-state index in [-0.39, 0.29) is 16.6 Å². The lowest BCUT2D eigenvalue weighted by Gasteiger charge is -2.25. The topological polar surface area (TPSA) is 113 Å². The molecule has 12 heteroatoms. The van der Waals surface area contributed by atoms with Gasteiger partial charge in [0.05, 0.1) is 10.6 Å². The van der Waals surface area contributed by atoms with Gasteiger partial charge in [0.25, 0.3) is 5.91 Å². The van der Waals surface area contributed by atoms with Gasteiger partial charge in [-0.05, 0) is 55.2 Å². The summed E-state index contributed by atoms with van der Waals surface area (Å²) < 4.78 is 27.7. The summed E-state index contributed by atoms with van der Waals surface area (Å²) in [7, 11) is -3.55. The Labute approximate surface area is 218 Å². The van der Waals surface area contributed by atoms with Crippen LogP contribution in [-0.2, 0) is 21.2 Å². The van der Waals surface area contributed by atoms with Crippen molar-refractivity contribution >= 4 is 55.8 Å². The van der Waals surface area contributed by atoms with E-state index in [2.05, 4.69) is 15.5 Å². The first kappa shape index (κ1) is 24.9. The molecule has 36 heavy (non-hydrogen) atoms. The maximum atomic E-state index is 12.8. The lowest BCUT2D eigenvalue weighted by Crippen LogP contribution is -2.35. The molecule has 0 atom stereocenters. The molecule has 0 unspecified atom stereocenters. The second-order valence-corrected chi connectivity index (χ2v) is 12.7. The fourth-order valence-electron chi connectivity index (χ4n) is 4.32. The molecule has 1 saturated heterocycles. The van der Waals surface area contributed by atoms with Gasteiger partial charge < -0.3 is 4.90 Å². The molecule has 2 aliphatic heterocycles. The van der Waals surface area contributed by atoms with Crippen LogP contribution in [0.25, 0.3) is 0 Å². The Bertz CT molecular complexity index is 1370. The van der Waals surface area contributed by atoms with Crippen LogP contribution in [0.5, 0.6) is 0 Å². The third-order valence-corrected chi connectivity index (χ3v) is 10.1. The van der Waals surface area contributed by atoms with Gasteiger partial charge in [-0.25, -0.2) is 8.42 Å². The van der Waals surface area contributed by atoms with Crippen LogP contribution in [-0.4, -0.2) is 60.1 Å². The maximum absolute atomic E-state index is 12.8. The second-order valence-electron chi connectivity index (χ2n) is 8.53. The van der Waals surface area contributed by atoms with E-state index in [4.69, 9.17) is 0 Å². The average molecular weight is 544 g/mol. The third-order valence-electron chi connectivity index (χ3n) is 6.20. The number of piperidine rings is 1. The lowest BCUT2D eigenvalue weighted by molar-refractivity contribution is -0.116. The number of para-hydroxylation sites is 1. The Morgan fingerprint density at radius 3 is 2.50 bits per heavy atom. The van der Waals surface area contributed by atoms with E-state index in [1.807, 2.05) is 24.3 Å². The van der Waals surface area contributed by atoms with Crippen LogP contribution in [0, 0.1) is 0 Å². The summed E-state index contributed by atoms with van der Waals surface area (Å²) in [5, 5.41) is 11.1. The molecule has 5 rings (SSSR count). The van der Waals surface area contributed by atoms with E-state index < -0.39 is 15.9 Å². The van der Waals surface area contributed by atoms with E-state index in [0.717, 1.165) is 31.4 Å². The normalized spacial score (nSPS) is 16.1. The van der Waals surface area contributed by atoms with Gasteiger partial charge >= 0.3 is 0 Å². The highest BCUT2D eigenvalue weighted by molar-refractivity contribution is 8.01. The van der Waals surface area contributed by atoms with Crippen molar-refractivity contribution < 1.29 is 18.0 Å². The van der Waals surface area contributed by atoms with Crippen LogP contribution in [0.15, 0.2) is 57.8 Å². The highest BCUT2D eigenvalue weighted by Gasteiger charge is 2.26. The number of nitrogens with one attached hydrogen (secondary N) is 1. The maximum Gasteiger partial charge on any atom is 0.257 e. The number of carbonyl (C=O) groups is 2. The SMILES string of the molecule is O=C(Nc1nnc(SCC(=O)N2CCc3ccccc32)s1)c1ccc(S(=O)(=O)N2CCCCC2)cc1. The lowest BCUT2D eigenvalue weighted by atomic mass is 10.2.